The Morgan fingerprint density at radius 1 is 1.56 bits per heavy atom. The third-order valence-electron chi connectivity index (χ3n) is 0.963. The fourth-order valence-corrected chi connectivity index (χ4v) is 2.34. The monoisotopic (exact) mass is 262 g/mol. The van der Waals surface area contributed by atoms with E-state index in [1.807, 2.05) is 0 Å². The van der Waals surface area contributed by atoms with Crippen LogP contribution < -0.4 is 0 Å². The topological polar surface area (TPSA) is 49.7 Å². The van der Waals surface area contributed by atoms with Crippen molar-refractivity contribution in [1.82, 2.24) is 0 Å². The third-order valence-corrected chi connectivity index (χ3v) is 3.38. The lowest BCUT2D eigenvalue weighted by Gasteiger charge is -2.12. The van der Waals surface area contributed by atoms with Gasteiger partial charge in [0.05, 0.1) is 0 Å². The van der Waals surface area contributed by atoms with Gasteiger partial charge in [0.25, 0.3) is 0 Å². The van der Waals surface area contributed by atoms with Gasteiger partial charge < -0.3 is 14.0 Å². The Balaban J connectivity index is 3.33. The molecule has 0 atom stereocenters. The zero-order chi connectivity index (χ0) is 7.33. The summed E-state index contributed by atoms with van der Waals surface area (Å²) in [4.78, 5) is 17.8. The van der Waals surface area contributed by atoms with Gasteiger partial charge in [0, 0.05) is 13.2 Å². The predicted molar refractivity (Wildman–Crippen MR) is 45.5 cm³/mol. The van der Waals surface area contributed by atoms with E-state index >= 15 is 0 Å². The first kappa shape index (κ1) is 9.83. The molecule has 0 fully saturated rings. The number of hydrogen-bond donors (Lipinski definition) is 2. The number of hydrogen-bond acceptors (Lipinski definition) is 3. The van der Waals surface area contributed by atoms with Gasteiger partial charge in [0.2, 0.25) is 0 Å². The van der Waals surface area contributed by atoms with Gasteiger partial charge in [-0.05, 0) is 10.8 Å². The highest BCUT2D eigenvalue weighted by atomic mass is 127. The van der Waals surface area contributed by atoms with Gasteiger partial charge in [-0.3, -0.25) is 0 Å². The largest absolute Gasteiger partial charge is 0.495 e. The molecule has 0 saturated heterocycles. The fourth-order valence-electron chi connectivity index (χ4n) is 0.399. The SMILES string of the molecule is CO[Si](O)(O)CCCI. The van der Waals surface area contributed by atoms with Crippen LogP contribution in [0.2, 0.25) is 6.04 Å². The molecule has 0 unspecified atom stereocenters. The molecule has 2 N–H and O–H groups in total. The summed E-state index contributed by atoms with van der Waals surface area (Å²) < 4.78 is 5.43. The maximum atomic E-state index is 8.92. The van der Waals surface area contributed by atoms with E-state index in [2.05, 4.69) is 27.0 Å². The van der Waals surface area contributed by atoms with Crippen LogP contribution in [0.5, 0.6) is 0 Å². The molecule has 0 amide bonds. The summed E-state index contributed by atoms with van der Waals surface area (Å²) in [5, 5.41) is 0. The van der Waals surface area contributed by atoms with Crippen LogP contribution in [0.15, 0.2) is 0 Å². The minimum absolute atomic E-state index is 0.409. The molecule has 0 heterocycles. The molecule has 9 heavy (non-hydrogen) atoms. The van der Waals surface area contributed by atoms with Crippen molar-refractivity contribution < 1.29 is 14.0 Å². The summed E-state index contributed by atoms with van der Waals surface area (Å²) in [5.41, 5.74) is 0. The summed E-state index contributed by atoms with van der Waals surface area (Å²) in [5.74, 6) is 0. The van der Waals surface area contributed by atoms with Crippen LogP contribution in [0, 0.1) is 0 Å². The molecule has 0 spiro atoms. The van der Waals surface area contributed by atoms with Crippen LogP contribution in [-0.2, 0) is 4.43 Å². The van der Waals surface area contributed by atoms with Crippen LogP contribution >= 0.6 is 22.6 Å². The highest BCUT2D eigenvalue weighted by Crippen LogP contribution is 2.06. The zero-order valence-corrected chi connectivity index (χ0v) is 8.46. The average Bonchev–Trinajstić information content (AvgIpc) is 1.84. The second kappa shape index (κ2) is 4.61. The van der Waals surface area contributed by atoms with Crippen molar-refractivity contribution >= 4 is 31.4 Å². The van der Waals surface area contributed by atoms with Crippen molar-refractivity contribution in [1.29, 1.82) is 0 Å². The van der Waals surface area contributed by atoms with Crippen molar-refractivity contribution in [2.45, 2.75) is 12.5 Å². The first-order valence-electron chi connectivity index (χ1n) is 2.68. The van der Waals surface area contributed by atoms with Crippen molar-refractivity contribution in [2.24, 2.45) is 0 Å². The maximum absolute atomic E-state index is 8.92. The summed E-state index contributed by atoms with van der Waals surface area (Å²) in [6.45, 7) is 0. The lowest BCUT2D eigenvalue weighted by atomic mass is 10.6. The second-order valence-electron chi connectivity index (χ2n) is 1.74. The molecule has 5 heteroatoms. The predicted octanol–water partition coefficient (Wildman–Crippen LogP) is 0.381. The normalized spacial score (nSPS) is 12.0. The van der Waals surface area contributed by atoms with E-state index in [0.29, 0.717) is 6.04 Å². The van der Waals surface area contributed by atoms with Gasteiger partial charge in [-0.15, -0.1) is 0 Å². The van der Waals surface area contributed by atoms with E-state index in [1.165, 1.54) is 7.11 Å². The molecule has 0 aliphatic rings. The molecular weight excluding hydrogens is 251 g/mol. The summed E-state index contributed by atoms with van der Waals surface area (Å²) in [7, 11) is -1.87. The van der Waals surface area contributed by atoms with Crippen LogP contribution in [0.1, 0.15) is 6.42 Å². The first-order chi connectivity index (χ1) is 4.12. The highest BCUT2D eigenvalue weighted by Gasteiger charge is 2.29. The van der Waals surface area contributed by atoms with Gasteiger partial charge in [0.15, 0.2) is 0 Å². The number of rotatable bonds is 4. The molecule has 0 aliphatic heterocycles. The molecule has 0 radical (unpaired) electrons. The molecule has 3 nitrogen and oxygen atoms in total. The van der Waals surface area contributed by atoms with E-state index in [4.69, 9.17) is 9.59 Å². The molecule has 0 aliphatic carbocycles. The summed E-state index contributed by atoms with van der Waals surface area (Å²) in [6, 6.07) is 0.409. The molecule has 0 saturated carbocycles. The minimum atomic E-state index is -3.20. The summed E-state index contributed by atoms with van der Waals surface area (Å²) in [6.07, 6.45) is 0.813. The first-order valence-corrected chi connectivity index (χ1v) is 6.22. The van der Waals surface area contributed by atoms with Gasteiger partial charge in [-0.25, -0.2) is 0 Å². The van der Waals surface area contributed by atoms with Crippen LogP contribution in [0.3, 0.4) is 0 Å². The molecule has 0 rings (SSSR count). The Labute approximate surface area is 69.5 Å². The summed E-state index contributed by atoms with van der Waals surface area (Å²) >= 11 is 2.19. The quantitative estimate of drug-likeness (QED) is 0.437. The Morgan fingerprint density at radius 2 is 2.11 bits per heavy atom. The van der Waals surface area contributed by atoms with Crippen molar-refractivity contribution in [3.63, 3.8) is 0 Å². The van der Waals surface area contributed by atoms with Gasteiger partial charge in [-0.1, -0.05) is 22.6 Å². The van der Waals surface area contributed by atoms with Crippen molar-refractivity contribution in [3.05, 3.63) is 0 Å². The Kier molecular flexibility index (Phi) is 5.04. The Bertz CT molecular complexity index is 78.2. The van der Waals surface area contributed by atoms with Crippen LogP contribution in [-0.4, -0.2) is 29.9 Å². The molecule has 0 aromatic carbocycles. The molecule has 0 aromatic rings. The van der Waals surface area contributed by atoms with Crippen LogP contribution in [0.25, 0.3) is 0 Å². The Morgan fingerprint density at radius 3 is 2.44 bits per heavy atom. The number of halogens is 1. The standard InChI is InChI=1S/C4H11IO3Si/c1-8-9(6,7)4-2-3-5/h6-7H,2-4H2,1H3. The lowest BCUT2D eigenvalue weighted by molar-refractivity contribution is 0.184. The third kappa shape index (κ3) is 5.28. The van der Waals surface area contributed by atoms with E-state index < -0.39 is 8.80 Å². The van der Waals surface area contributed by atoms with Gasteiger partial charge in [-0.2, -0.15) is 0 Å². The fraction of sp³-hybridized carbons (Fsp3) is 1.00. The molecule has 0 aromatic heterocycles. The van der Waals surface area contributed by atoms with E-state index in [-0.39, 0.29) is 0 Å². The second-order valence-corrected chi connectivity index (χ2v) is 5.21. The van der Waals surface area contributed by atoms with E-state index in [0.717, 1.165) is 10.8 Å². The highest BCUT2D eigenvalue weighted by molar-refractivity contribution is 14.1. The molecular formula is C4H11IO3Si. The van der Waals surface area contributed by atoms with Crippen molar-refractivity contribution in [2.75, 3.05) is 11.5 Å². The van der Waals surface area contributed by atoms with Gasteiger partial charge >= 0.3 is 8.80 Å². The maximum Gasteiger partial charge on any atom is 0.495 e. The van der Waals surface area contributed by atoms with E-state index in [1.54, 1.807) is 0 Å². The Hall–Kier alpha value is 0.827. The minimum Gasteiger partial charge on any atom is -0.390 e. The number of alkyl halides is 1. The van der Waals surface area contributed by atoms with Crippen molar-refractivity contribution in [3.8, 4) is 0 Å². The molecule has 0 bridgehead atoms. The average molecular weight is 262 g/mol. The van der Waals surface area contributed by atoms with Crippen LogP contribution in [0.4, 0.5) is 0 Å². The lowest BCUT2D eigenvalue weighted by Crippen LogP contribution is -2.37. The molecule has 56 valence electrons. The van der Waals surface area contributed by atoms with E-state index in [9.17, 15) is 0 Å². The van der Waals surface area contributed by atoms with Gasteiger partial charge in [0.1, 0.15) is 0 Å². The smallest absolute Gasteiger partial charge is 0.390 e. The zero-order valence-electron chi connectivity index (χ0n) is 5.30.